The quantitative estimate of drug-likeness (QED) is 0.515. The number of hydrogen-bond acceptors (Lipinski definition) is 4. The van der Waals surface area contributed by atoms with Gasteiger partial charge in [-0.3, -0.25) is 19.6 Å². The summed E-state index contributed by atoms with van der Waals surface area (Å²) in [5.74, 6) is -0.215. The number of amides is 1. The Kier molecular flexibility index (Phi) is 5.37. The molecule has 0 saturated heterocycles. The molecule has 1 aromatic heterocycles. The number of nitro groups is 1. The molecule has 7 nitrogen and oxygen atoms in total. The van der Waals surface area contributed by atoms with E-state index in [4.69, 9.17) is 0 Å². The first kappa shape index (κ1) is 18.9. The summed E-state index contributed by atoms with van der Waals surface area (Å²) in [6.45, 7) is 0.701. The van der Waals surface area contributed by atoms with Crippen LogP contribution in [-0.2, 0) is 24.2 Å². The van der Waals surface area contributed by atoms with Gasteiger partial charge in [-0.15, -0.1) is 0 Å². The van der Waals surface area contributed by atoms with Gasteiger partial charge < -0.3 is 5.32 Å². The van der Waals surface area contributed by atoms with E-state index < -0.39 is 4.92 Å². The van der Waals surface area contributed by atoms with Crippen LogP contribution in [0.25, 0.3) is 0 Å². The maximum atomic E-state index is 12.6. The van der Waals surface area contributed by atoms with Crippen LogP contribution in [0.2, 0.25) is 0 Å². The summed E-state index contributed by atoms with van der Waals surface area (Å²) < 4.78 is 2.00. The molecule has 1 N–H and O–H groups in total. The minimum Gasteiger partial charge on any atom is -0.349 e. The molecule has 29 heavy (non-hydrogen) atoms. The fourth-order valence-corrected chi connectivity index (χ4v) is 3.92. The zero-order valence-electron chi connectivity index (χ0n) is 16.0. The number of fused-ring (bicyclic) bond motifs is 1. The molecule has 0 radical (unpaired) electrons. The van der Waals surface area contributed by atoms with Crippen molar-refractivity contribution in [2.24, 2.45) is 0 Å². The lowest BCUT2D eigenvalue weighted by Crippen LogP contribution is -2.32. The lowest BCUT2D eigenvalue weighted by atomic mass is 9.92. The highest BCUT2D eigenvalue weighted by molar-refractivity contribution is 5.80. The van der Waals surface area contributed by atoms with Crippen LogP contribution in [0, 0.1) is 10.1 Å². The molecule has 0 spiro atoms. The number of carbonyl (C=O) groups is 1. The topological polar surface area (TPSA) is 90.1 Å². The number of nitrogens with zero attached hydrogens (tertiary/aromatic N) is 3. The highest BCUT2D eigenvalue weighted by atomic mass is 16.6. The van der Waals surface area contributed by atoms with Crippen LogP contribution in [-0.4, -0.2) is 20.6 Å². The van der Waals surface area contributed by atoms with Gasteiger partial charge in [0.05, 0.1) is 30.1 Å². The second-order valence-corrected chi connectivity index (χ2v) is 7.26. The Morgan fingerprint density at radius 3 is 2.72 bits per heavy atom. The van der Waals surface area contributed by atoms with E-state index in [0.717, 1.165) is 30.5 Å². The second-order valence-electron chi connectivity index (χ2n) is 7.26. The zero-order chi connectivity index (χ0) is 20.2. The Balaban J connectivity index is 1.48. The fourth-order valence-electron chi connectivity index (χ4n) is 3.92. The molecule has 7 heteroatoms. The summed E-state index contributed by atoms with van der Waals surface area (Å²) >= 11 is 0. The third-order valence-electron chi connectivity index (χ3n) is 5.31. The summed E-state index contributed by atoms with van der Waals surface area (Å²) in [6, 6.07) is 16.4. The number of hydrogen-bond donors (Lipinski definition) is 1. The van der Waals surface area contributed by atoms with Crippen molar-refractivity contribution in [1.29, 1.82) is 0 Å². The molecule has 1 aliphatic carbocycles. The highest BCUT2D eigenvalue weighted by Crippen LogP contribution is 2.30. The van der Waals surface area contributed by atoms with Gasteiger partial charge in [0.2, 0.25) is 5.91 Å². The Morgan fingerprint density at radius 1 is 1.17 bits per heavy atom. The van der Waals surface area contributed by atoms with Crippen LogP contribution in [0.1, 0.15) is 41.3 Å². The van der Waals surface area contributed by atoms with Crippen molar-refractivity contribution in [3.05, 3.63) is 93.3 Å². The van der Waals surface area contributed by atoms with Gasteiger partial charge in [-0.05, 0) is 24.8 Å². The first-order valence-electron chi connectivity index (χ1n) is 9.72. The summed E-state index contributed by atoms with van der Waals surface area (Å²) in [6.07, 6.45) is 4.56. The second kappa shape index (κ2) is 8.26. The van der Waals surface area contributed by atoms with Crippen LogP contribution in [0.5, 0.6) is 0 Å². The van der Waals surface area contributed by atoms with E-state index in [9.17, 15) is 14.9 Å². The largest absolute Gasteiger partial charge is 0.349 e. The van der Waals surface area contributed by atoms with Crippen molar-refractivity contribution in [3.63, 3.8) is 0 Å². The molecule has 1 heterocycles. The molecule has 1 aliphatic rings. The third kappa shape index (κ3) is 4.18. The number of nitrogens with one attached hydrogen (secondary N) is 1. The smallest absolute Gasteiger partial charge is 0.273 e. The van der Waals surface area contributed by atoms with Gasteiger partial charge in [0, 0.05) is 22.9 Å². The lowest BCUT2D eigenvalue weighted by Gasteiger charge is -2.24. The predicted molar refractivity (Wildman–Crippen MR) is 108 cm³/mol. The van der Waals surface area contributed by atoms with Crippen molar-refractivity contribution >= 4 is 11.6 Å². The molecule has 0 saturated carbocycles. The summed E-state index contributed by atoms with van der Waals surface area (Å²) in [4.78, 5) is 23.3. The SMILES string of the molecule is O=C(Cc1ccccc1[N+](=O)[O-])N[C@@H]1CCCc2c1cnn2Cc1ccccc1. The van der Waals surface area contributed by atoms with E-state index in [2.05, 4.69) is 22.5 Å². The van der Waals surface area contributed by atoms with E-state index in [1.54, 1.807) is 18.2 Å². The number of carbonyl (C=O) groups excluding carboxylic acids is 1. The molecule has 0 aliphatic heterocycles. The number of nitro benzene ring substituents is 1. The number of rotatable bonds is 6. The molecule has 4 rings (SSSR count). The van der Waals surface area contributed by atoms with Gasteiger partial charge in [0.15, 0.2) is 0 Å². The average molecular weight is 390 g/mol. The minimum absolute atomic E-state index is 0.0128. The Hall–Kier alpha value is -3.48. The van der Waals surface area contributed by atoms with Crippen molar-refractivity contribution in [2.75, 3.05) is 0 Å². The number of aromatic nitrogens is 2. The van der Waals surface area contributed by atoms with Gasteiger partial charge in [-0.25, -0.2) is 0 Å². The van der Waals surface area contributed by atoms with E-state index in [0.29, 0.717) is 12.1 Å². The van der Waals surface area contributed by atoms with Crippen LogP contribution in [0.15, 0.2) is 60.8 Å². The maximum Gasteiger partial charge on any atom is 0.273 e. The average Bonchev–Trinajstić information content (AvgIpc) is 3.13. The molecule has 0 unspecified atom stereocenters. The lowest BCUT2D eigenvalue weighted by molar-refractivity contribution is -0.385. The van der Waals surface area contributed by atoms with E-state index in [1.807, 2.05) is 29.1 Å². The number of para-hydroxylation sites is 1. The Bertz CT molecular complexity index is 1030. The summed E-state index contributed by atoms with van der Waals surface area (Å²) in [5.41, 5.74) is 3.77. The summed E-state index contributed by atoms with van der Waals surface area (Å²) in [5, 5.41) is 18.8. The van der Waals surface area contributed by atoms with Gasteiger partial charge in [0.1, 0.15) is 0 Å². The maximum absolute atomic E-state index is 12.6. The van der Waals surface area contributed by atoms with E-state index >= 15 is 0 Å². The first-order chi connectivity index (χ1) is 14.1. The molecule has 1 amide bonds. The van der Waals surface area contributed by atoms with Crippen molar-refractivity contribution < 1.29 is 9.72 Å². The molecule has 3 aromatic rings. The molecule has 0 bridgehead atoms. The van der Waals surface area contributed by atoms with Crippen molar-refractivity contribution in [2.45, 2.75) is 38.3 Å². The molecule has 1 atom stereocenters. The Morgan fingerprint density at radius 2 is 1.93 bits per heavy atom. The fraction of sp³-hybridized carbons (Fsp3) is 0.273. The standard InChI is InChI=1S/C22H22N4O3/c27-22(13-17-9-4-5-11-20(17)26(28)29)24-19-10-6-12-21-18(19)14-23-25(21)15-16-7-2-1-3-8-16/h1-5,7-9,11,14,19H,6,10,12-13,15H2,(H,24,27)/t19-/m1/s1. The zero-order valence-corrected chi connectivity index (χ0v) is 16.0. The highest BCUT2D eigenvalue weighted by Gasteiger charge is 2.26. The monoisotopic (exact) mass is 390 g/mol. The van der Waals surface area contributed by atoms with Gasteiger partial charge in [-0.2, -0.15) is 5.10 Å². The van der Waals surface area contributed by atoms with Crippen LogP contribution in [0.3, 0.4) is 0 Å². The van der Waals surface area contributed by atoms with Gasteiger partial charge in [0.25, 0.3) is 5.69 Å². The minimum atomic E-state index is -0.449. The molecule has 0 fully saturated rings. The normalized spacial score (nSPS) is 15.5. The van der Waals surface area contributed by atoms with E-state index in [-0.39, 0.29) is 24.1 Å². The molecule has 2 aromatic carbocycles. The first-order valence-corrected chi connectivity index (χ1v) is 9.72. The Labute approximate surface area is 168 Å². The molecular weight excluding hydrogens is 368 g/mol. The predicted octanol–water partition coefficient (Wildman–Crippen LogP) is 3.58. The van der Waals surface area contributed by atoms with Crippen LogP contribution < -0.4 is 5.32 Å². The third-order valence-corrected chi connectivity index (χ3v) is 5.31. The number of benzene rings is 2. The van der Waals surface area contributed by atoms with Crippen molar-refractivity contribution in [3.8, 4) is 0 Å². The summed E-state index contributed by atoms with van der Waals surface area (Å²) in [7, 11) is 0. The van der Waals surface area contributed by atoms with Crippen molar-refractivity contribution in [1.82, 2.24) is 15.1 Å². The molecule has 148 valence electrons. The molecular formula is C22H22N4O3. The van der Waals surface area contributed by atoms with E-state index in [1.165, 1.54) is 11.6 Å². The van der Waals surface area contributed by atoms with Crippen LogP contribution >= 0.6 is 0 Å². The van der Waals surface area contributed by atoms with Gasteiger partial charge in [-0.1, -0.05) is 48.5 Å². The van der Waals surface area contributed by atoms with Gasteiger partial charge >= 0.3 is 0 Å². The van der Waals surface area contributed by atoms with Crippen LogP contribution in [0.4, 0.5) is 5.69 Å².